The van der Waals surface area contributed by atoms with E-state index in [0.717, 1.165) is 16.3 Å². The van der Waals surface area contributed by atoms with Crippen LogP contribution in [0.3, 0.4) is 0 Å². The predicted octanol–water partition coefficient (Wildman–Crippen LogP) is 8.23. The number of ether oxygens (including phenoxy) is 2. The van der Waals surface area contributed by atoms with Crippen molar-refractivity contribution in [3.05, 3.63) is 119 Å². The summed E-state index contributed by atoms with van der Waals surface area (Å²) >= 11 is 6.38. The monoisotopic (exact) mass is 861 g/mol. The van der Waals surface area contributed by atoms with E-state index in [0.29, 0.717) is 5.56 Å². The van der Waals surface area contributed by atoms with E-state index < -0.39 is 24.1 Å². The molecule has 4 rings (SSSR count). The number of hydrogen-bond donors (Lipinski definition) is 0. The Morgan fingerprint density at radius 2 is 1.21 bits per heavy atom. The van der Waals surface area contributed by atoms with Gasteiger partial charge in [0.25, 0.3) is 0 Å². The normalized spacial score (nSPS) is 11.3. The second-order valence-electron chi connectivity index (χ2n) is 8.74. The topological polar surface area (TPSA) is 52.6 Å². The van der Waals surface area contributed by atoms with Crippen LogP contribution in [0.15, 0.2) is 112 Å². The van der Waals surface area contributed by atoms with Crippen LogP contribution >= 0.6 is 67.8 Å². The third kappa shape index (κ3) is 7.11. The van der Waals surface area contributed by atoms with Crippen molar-refractivity contribution < 1.29 is 19.1 Å². The maximum Gasteiger partial charge on any atom is 0.345 e. The average molecular weight is 861 g/mol. The minimum atomic E-state index is -0.898. The first-order valence-electron chi connectivity index (χ1n) is 11.6. The van der Waals surface area contributed by atoms with Crippen molar-refractivity contribution in [1.29, 1.82) is 0 Å². The summed E-state index contributed by atoms with van der Waals surface area (Å²) in [6.45, 7) is 3.21. The van der Waals surface area contributed by atoms with Crippen molar-refractivity contribution in [3.8, 4) is 0 Å². The molecule has 4 aromatic rings. The molecule has 0 spiro atoms. The minimum Gasteiger partial charge on any atom is -0.452 e. The largest absolute Gasteiger partial charge is 0.452 e. The zero-order chi connectivity index (χ0) is 27.3. The van der Waals surface area contributed by atoms with Crippen LogP contribution in [0.1, 0.15) is 29.8 Å². The van der Waals surface area contributed by atoms with E-state index >= 15 is 0 Å². The van der Waals surface area contributed by atoms with Crippen LogP contribution in [0.4, 0.5) is 0 Å². The molecule has 0 unspecified atom stereocenters. The first-order chi connectivity index (χ1) is 18.2. The van der Waals surface area contributed by atoms with Gasteiger partial charge >= 0.3 is 11.9 Å². The van der Waals surface area contributed by atoms with Gasteiger partial charge in [-0.1, -0.05) is 48.5 Å². The van der Waals surface area contributed by atoms with Crippen molar-refractivity contribution in [2.24, 2.45) is 0 Å². The lowest BCUT2D eigenvalue weighted by Crippen LogP contribution is -2.29. The van der Waals surface area contributed by atoms with Crippen molar-refractivity contribution in [2.75, 3.05) is 6.61 Å². The Morgan fingerprint density at radius 1 is 0.711 bits per heavy atom. The van der Waals surface area contributed by atoms with Crippen LogP contribution in [0.5, 0.6) is 0 Å². The van der Waals surface area contributed by atoms with Crippen molar-refractivity contribution >= 4 is 90.6 Å². The zero-order valence-electron chi connectivity index (χ0n) is 20.6. The molecule has 0 bridgehead atoms. The Balaban J connectivity index is 1.46. The van der Waals surface area contributed by atoms with Crippen LogP contribution in [-0.4, -0.2) is 18.5 Å². The number of rotatable bonds is 8. The third-order valence-corrected chi connectivity index (χ3v) is 11.9. The summed E-state index contributed by atoms with van der Waals surface area (Å²) < 4.78 is 13.6. The molecule has 0 aliphatic rings. The lowest BCUT2D eigenvalue weighted by atomic mass is 9.98. The zero-order valence-corrected chi connectivity index (χ0v) is 27.9. The fourth-order valence-electron chi connectivity index (χ4n) is 3.80. The van der Waals surface area contributed by atoms with Gasteiger partial charge in [0.15, 0.2) is 21.3 Å². The number of carbonyl (C=O) groups is 2. The van der Waals surface area contributed by atoms with Gasteiger partial charge < -0.3 is 9.47 Å². The van der Waals surface area contributed by atoms with Gasteiger partial charge in [0.2, 0.25) is 0 Å². The van der Waals surface area contributed by atoms with Crippen LogP contribution in [0, 0.1) is 10.7 Å². The molecule has 0 aromatic heterocycles. The highest BCUT2D eigenvalue weighted by molar-refractivity contribution is 14.1. The molecule has 0 heterocycles. The second-order valence-corrected chi connectivity index (χ2v) is 14.2. The van der Waals surface area contributed by atoms with Crippen LogP contribution in [0.25, 0.3) is 0 Å². The van der Waals surface area contributed by atoms with Gasteiger partial charge in [-0.2, -0.15) is 0 Å². The molecule has 0 radical (unpaired) electrons. The SMILES string of the molecule is CC(C)(OC(=O)COC(=O)c1c(I)ccc(I)c1I)c1ccc([S+](c2ccccc2)c2ccccc2)cc1. The summed E-state index contributed by atoms with van der Waals surface area (Å²) in [6, 6.07) is 32.8. The first-order valence-corrected chi connectivity index (χ1v) is 16.1. The van der Waals surface area contributed by atoms with Gasteiger partial charge in [-0.3, -0.25) is 0 Å². The molecule has 0 amide bonds. The van der Waals surface area contributed by atoms with Crippen molar-refractivity contribution in [2.45, 2.75) is 34.1 Å². The van der Waals surface area contributed by atoms with E-state index in [1.54, 1.807) is 0 Å². The van der Waals surface area contributed by atoms with E-state index in [1.165, 1.54) is 14.7 Å². The predicted molar refractivity (Wildman–Crippen MR) is 175 cm³/mol. The van der Waals surface area contributed by atoms with Gasteiger partial charge in [0, 0.05) is 10.7 Å². The Bertz CT molecular complexity index is 1390. The molecule has 4 nitrogen and oxygen atoms in total. The number of hydrogen-bond acceptors (Lipinski definition) is 4. The van der Waals surface area contributed by atoms with Crippen molar-refractivity contribution in [3.63, 3.8) is 0 Å². The molecular weight excluding hydrogens is 837 g/mol. The smallest absolute Gasteiger partial charge is 0.345 e. The van der Waals surface area contributed by atoms with Crippen molar-refractivity contribution in [1.82, 2.24) is 0 Å². The standard InChI is InChI=1S/C30H24I3O4S/c1-30(2,37-26(34)19-36-29(35)27-24(31)17-18-25(32)28(27)33)20-13-15-23(16-14-20)38(21-9-5-3-6-10-21)22-11-7-4-8-12-22/h3-18H,19H2,1-2H3/q+1. The fourth-order valence-corrected chi connectivity index (χ4v) is 8.21. The summed E-state index contributed by atoms with van der Waals surface area (Å²) in [5, 5.41) is 0. The quantitative estimate of drug-likeness (QED) is 0.0776. The number of carbonyl (C=O) groups excluding carboxylic acids is 2. The molecule has 0 saturated carbocycles. The molecule has 0 aliphatic carbocycles. The fraction of sp³-hybridized carbons (Fsp3) is 0.133. The Labute approximate surface area is 266 Å². The lowest BCUT2D eigenvalue weighted by molar-refractivity contribution is -0.161. The molecule has 0 fully saturated rings. The highest BCUT2D eigenvalue weighted by Gasteiger charge is 2.31. The maximum absolute atomic E-state index is 12.7. The lowest BCUT2D eigenvalue weighted by Gasteiger charge is -2.25. The summed E-state index contributed by atoms with van der Waals surface area (Å²) in [6.07, 6.45) is 0. The molecule has 4 aromatic carbocycles. The van der Waals surface area contributed by atoms with Gasteiger partial charge in [0.1, 0.15) is 5.60 Å². The molecule has 38 heavy (non-hydrogen) atoms. The van der Waals surface area contributed by atoms with E-state index in [2.05, 4.69) is 128 Å². The first kappa shape index (κ1) is 29.3. The summed E-state index contributed by atoms with van der Waals surface area (Å²) in [7, 11) is -0.260. The number of esters is 2. The second kappa shape index (κ2) is 13.1. The van der Waals surface area contributed by atoms with Gasteiger partial charge in [-0.15, -0.1) is 0 Å². The van der Waals surface area contributed by atoms with E-state index in [-0.39, 0.29) is 10.9 Å². The molecule has 8 heteroatoms. The summed E-state index contributed by atoms with van der Waals surface area (Å²) in [5.74, 6) is -1.14. The maximum atomic E-state index is 12.7. The van der Waals surface area contributed by atoms with E-state index in [4.69, 9.17) is 9.47 Å². The molecule has 0 atom stereocenters. The average Bonchev–Trinajstić information content (AvgIpc) is 2.91. The molecule has 0 N–H and O–H groups in total. The van der Waals surface area contributed by atoms with Gasteiger partial charge in [-0.25, -0.2) is 9.59 Å². The van der Waals surface area contributed by atoms with E-state index in [1.807, 2.05) is 50.2 Å². The molecule has 194 valence electrons. The highest BCUT2D eigenvalue weighted by atomic mass is 127. The minimum absolute atomic E-state index is 0.260. The summed E-state index contributed by atoms with van der Waals surface area (Å²) in [5.41, 5.74) is 0.422. The molecular formula is C30H24I3O4S+. The van der Waals surface area contributed by atoms with Gasteiger partial charge in [0.05, 0.1) is 16.5 Å². The molecule has 0 aliphatic heterocycles. The van der Waals surface area contributed by atoms with E-state index in [9.17, 15) is 9.59 Å². The Kier molecular flexibility index (Phi) is 10.1. The Hall–Kier alpha value is -1.64. The molecule has 0 saturated heterocycles. The number of halogens is 3. The third-order valence-electron chi connectivity index (χ3n) is 5.68. The van der Waals surface area contributed by atoms with Crippen LogP contribution in [0.2, 0.25) is 0 Å². The number of benzene rings is 4. The summed E-state index contributed by atoms with van der Waals surface area (Å²) in [4.78, 5) is 29.0. The van der Waals surface area contributed by atoms with Crippen LogP contribution < -0.4 is 0 Å². The van der Waals surface area contributed by atoms with Crippen LogP contribution in [-0.2, 0) is 30.8 Å². The Morgan fingerprint density at radius 3 is 1.76 bits per heavy atom. The van der Waals surface area contributed by atoms with Gasteiger partial charge in [-0.05, 0) is 136 Å². The highest BCUT2D eigenvalue weighted by Crippen LogP contribution is 2.33.